The molecule has 1 aromatic carbocycles. The van der Waals surface area contributed by atoms with Crippen LogP contribution >= 0.6 is 0 Å². The van der Waals surface area contributed by atoms with Crippen molar-refractivity contribution in [3.63, 3.8) is 0 Å². The number of H-pyrrole nitrogens is 1. The summed E-state index contributed by atoms with van der Waals surface area (Å²) in [6.07, 6.45) is 4.09. The van der Waals surface area contributed by atoms with Crippen LogP contribution in [0, 0.1) is 18.7 Å². The number of nitrogens with zero attached hydrogens (tertiary/aromatic N) is 2. The predicted molar refractivity (Wildman–Crippen MR) is 90.5 cm³/mol. The van der Waals surface area contributed by atoms with Crippen LogP contribution < -0.4 is 4.90 Å². The summed E-state index contributed by atoms with van der Waals surface area (Å²) < 4.78 is 13.5. The lowest BCUT2D eigenvalue weighted by Gasteiger charge is -2.38. The Labute approximate surface area is 141 Å². The second-order valence-electron chi connectivity index (χ2n) is 7.06. The molecule has 0 unspecified atom stereocenters. The molecule has 0 bridgehead atoms. The lowest BCUT2D eigenvalue weighted by molar-refractivity contribution is -0.123. The fourth-order valence-electron chi connectivity index (χ4n) is 4.09. The molecule has 1 aromatic heterocycles. The Morgan fingerprint density at radius 1 is 1.33 bits per heavy atom. The monoisotopic (exact) mass is 327 g/mol. The van der Waals surface area contributed by atoms with Gasteiger partial charge in [0, 0.05) is 29.8 Å². The van der Waals surface area contributed by atoms with Crippen molar-refractivity contribution in [2.45, 2.75) is 52.0 Å². The minimum Gasteiger partial charge on any atom is -0.346 e. The molecule has 126 valence electrons. The number of nitrogens with one attached hydrogen (secondary N) is 1. The number of halogens is 1. The number of imidazole rings is 1. The molecule has 5 heteroatoms. The summed E-state index contributed by atoms with van der Waals surface area (Å²) in [5, 5.41) is 0. The van der Waals surface area contributed by atoms with Crippen molar-refractivity contribution in [1.29, 1.82) is 0 Å². The van der Waals surface area contributed by atoms with Crippen LogP contribution in [0.15, 0.2) is 18.2 Å². The maximum absolute atomic E-state index is 13.5. The van der Waals surface area contributed by atoms with Gasteiger partial charge in [0.05, 0.1) is 5.69 Å². The highest BCUT2D eigenvalue weighted by Gasteiger charge is 2.35. The highest BCUT2D eigenvalue weighted by atomic mass is 19.1. The second kappa shape index (κ2) is 5.72. The van der Waals surface area contributed by atoms with Crippen LogP contribution in [0.3, 0.4) is 0 Å². The Morgan fingerprint density at radius 3 is 3.00 bits per heavy atom. The molecule has 2 aromatic rings. The molecular formula is C19H22FN3O. The zero-order valence-electron chi connectivity index (χ0n) is 14.1. The van der Waals surface area contributed by atoms with E-state index in [0.717, 1.165) is 60.6 Å². The summed E-state index contributed by atoms with van der Waals surface area (Å²) in [4.78, 5) is 22.9. The highest BCUT2D eigenvalue weighted by Crippen LogP contribution is 2.34. The first-order chi connectivity index (χ1) is 11.5. The van der Waals surface area contributed by atoms with E-state index in [9.17, 15) is 9.18 Å². The van der Waals surface area contributed by atoms with Gasteiger partial charge >= 0.3 is 0 Å². The maximum Gasteiger partial charge on any atom is 0.230 e. The van der Waals surface area contributed by atoms with Crippen molar-refractivity contribution in [2.75, 3.05) is 4.90 Å². The standard InChI is InChI=1S/C19H22FN3O/c1-11-3-4-13-9-15(20)6-8-18(13)23(11)19(24)14-5-7-16-17(10-14)22-12(2)21-16/h6,8-9,11,14H,3-5,7,10H2,1-2H3,(H,21,22)/t11-,14+/m1/s1. The molecule has 2 aliphatic rings. The summed E-state index contributed by atoms with van der Waals surface area (Å²) in [5.41, 5.74) is 4.02. The number of aryl methyl sites for hydroxylation is 3. The summed E-state index contributed by atoms with van der Waals surface area (Å²) in [7, 11) is 0. The molecule has 4 nitrogen and oxygen atoms in total. The number of fused-ring (bicyclic) bond motifs is 2. The highest BCUT2D eigenvalue weighted by molar-refractivity contribution is 5.97. The van der Waals surface area contributed by atoms with E-state index >= 15 is 0 Å². The Hall–Kier alpha value is -2.17. The third-order valence-corrected chi connectivity index (χ3v) is 5.32. The van der Waals surface area contributed by atoms with Crippen LogP contribution in [0.1, 0.15) is 42.5 Å². The molecule has 2 atom stereocenters. The van der Waals surface area contributed by atoms with Gasteiger partial charge in [-0.15, -0.1) is 0 Å². The van der Waals surface area contributed by atoms with Gasteiger partial charge in [0.25, 0.3) is 0 Å². The van der Waals surface area contributed by atoms with E-state index < -0.39 is 0 Å². The van der Waals surface area contributed by atoms with Crippen LogP contribution in [0.4, 0.5) is 10.1 Å². The number of carbonyl (C=O) groups is 1. The molecule has 2 heterocycles. The van der Waals surface area contributed by atoms with Crippen LogP contribution in [0.5, 0.6) is 0 Å². The maximum atomic E-state index is 13.5. The van der Waals surface area contributed by atoms with Crippen LogP contribution in [0.25, 0.3) is 0 Å². The number of hydrogen-bond acceptors (Lipinski definition) is 2. The lowest BCUT2D eigenvalue weighted by atomic mass is 9.87. The molecule has 1 aliphatic carbocycles. The van der Waals surface area contributed by atoms with Crippen molar-refractivity contribution >= 4 is 11.6 Å². The van der Waals surface area contributed by atoms with Crippen LogP contribution in [0.2, 0.25) is 0 Å². The number of benzene rings is 1. The number of hydrogen-bond donors (Lipinski definition) is 1. The summed E-state index contributed by atoms with van der Waals surface area (Å²) >= 11 is 0. The fourth-order valence-corrected chi connectivity index (χ4v) is 4.09. The first-order valence-corrected chi connectivity index (χ1v) is 8.69. The fraction of sp³-hybridized carbons (Fsp3) is 0.474. The van der Waals surface area contributed by atoms with Gasteiger partial charge in [-0.1, -0.05) is 0 Å². The Morgan fingerprint density at radius 2 is 2.17 bits per heavy atom. The van der Waals surface area contributed by atoms with E-state index in [1.807, 2.05) is 11.8 Å². The van der Waals surface area contributed by atoms with E-state index in [-0.39, 0.29) is 23.7 Å². The smallest absolute Gasteiger partial charge is 0.230 e. The number of aromatic nitrogens is 2. The third-order valence-electron chi connectivity index (χ3n) is 5.32. The van der Waals surface area contributed by atoms with Gasteiger partial charge in [-0.2, -0.15) is 0 Å². The van der Waals surface area contributed by atoms with Crippen molar-refractivity contribution < 1.29 is 9.18 Å². The normalized spacial score (nSPS) is 22.9. The molecule has 4 rings (SSSR count). The van der Waals surface area contributed by atoms with Crippen molar-refractivity contribution in [2.24, 2.45) is 5.92 Å². The van der Waals surface area contributed by atoms with Crippen molar-refractivity contribution in [3.05, 3.63) is 46.8 Å². The molecule has 1 N–H and O–H groups in total. The molecule has 0 fully saturated rings. The lowest BCUT2D eigenvalue weighted by Crippen LogP contribution is -2.46. The van der Waals surface area contributed by atoms with Crippen LogP contribution in [-0.4, -0.2) is 21.9 Å². The number of amides is 1. The van der Waals surface area contributed by atoms with Gasteiger partial charge in [0.15, 0.2) is 0 Å². The van der Waals surface area contributed by atoms with E-state index in [0.29, 0.717) is 0 Å². The van der Waals surface area contributed by atoms with E-state index in [2.05, 4.69) is 16.9 Å². The first-order valence-electron chi connectivity index (χ1n) is 8.69. The minimum absolute atomic E-state index is 0.0317. The molecule has 1 amide bonds. The average Bonchev–Trinajstić information content (AvgIpc) is 2.93. The first kappa shape index (κ1) is 15.4. The molecule has 1 aliphatic heterocycles. The number of rotatable bonds is 1. The largest absolute Gasteiger partial charge is 0.346 e. The Balaban J connectivity index is 1.63. The van der Waals surface area contributed by atoms with Gasteiger partial charge in [-0.05, 0) is 63.3 Å². The van der Waals surface area contributed by atoms with E-state index in [1.54, 1.807) is 12.1 Å². The molecule has 24 heavy (non-hydrogen) atoms. The van der Waals surface area contributed by atoms with Gasteiger partial charge in [0.1, 0.15) is 11.6 Å². The zero-order chi connectivity index (χ0) is 16.8. The van der Waals surface area contributed by atoms with Gasteiger partial charge in [-0.25, -0.2) is 9.37 Å². The van der Waals surface area contributed by atoms with E-state index in [1.165, 1.54) is 6.07 Å². The molecular weight excluding hydrogens is 305 g/mol. The number of carbonyl (C=O) groups excluding carboxylic acids is 1. The summed E-state index contributed by atoms with van der Waals surface area (Å²) in [6.45, 7) is 4.03. The van der Waals surface area contributed by atoms with Crippen molar-refractivity contribution in [3.8, 4) is 0 Å². The minimum atomic E-state index is -0.231. The summed E-state index contributed by atoms with van der Waals surface area (Å²) in [6, 6.07) is 4.93. The van der Waals surface area contributed by atoms with Gasteiger partial charge < -0.3 is 9.88 Å². The Bertz CT molecular complexity index is 798. The molecule has 0 saturated carbocycles. The molecule has 0 saturated heterocycles. The molecule has 0 spiro atoms. The van der Waals surface area contributed by atoms with Gasteiger partial charge in [-0.3, -0.25) is 4.79 Å². The SMILES string of the molecule is Cc1nc2c([nH]1)C[C@@H](C(=O)N1c3ccc(F)cc3CC[C@H]1C)CC2. The van der Waals surface area contributed by atoms with Crippen LogP contribution in [-0.2, 0) is 24.1 Å². The summed E-state index contributed by atoms with van der Waals surface area (Å²) in [5.74, 6) is 0.815. The average molecular weight is 327 g/mol. The third kappa shape index (κ3) is 2.52. The molecule has 0 radical (unpaired) electrons. The zero-order valence-corrected chi connectivity index (χ0v) is 14.1. The Kier molecular flexibility index (Phi) is 3.66. The predicted octanol–water partition coefficient (Wildman–Crippen LogP) is 3.33. The quantitative estimate of drug-likeness (QED) is 0.873. The van der Waals surface area contributed by atoms with Gasteiger partial charge in [0.2, 0.25) is 5.91 Å². The number of aromatic amines is 1. The van der Waals surface area contributed by atoms with Crippen molar-refractivity contribution in [1.82, 2.24) is 9.97 Å². The topological polar surface area (TPSA) is 49.0 Å². The second-order valence-corrected chi connectivity index (χ2v) is 7.06. The number of anilines is 1. The van der Waals surface area contributed by atoms with E-state index in [4.69, 9.17) is 0 Å².